The van der Waals surface area contributed by atoms with Crippen molar-refractivity contribution < 1.29 is 34.8 Å². The highest BCUT2D eigenvalue weighted by molar-refractivity contribution is 7.89. The molecule has 2 heterocycles. The fourth-order valence-electron chi connectivity index (χ4n) is 2.84. The summed E-state index contributed by atoms with van der Waals surface area (Å²) in [6.45, 7) is 0.0546. The molecule has 3 rings (SSSR count). The third-order valence-corrected chi connectivity index (χ3v) is 6.19. The highest BCUT2D eigenvalue weighted by atomic mass is 32.2. The van der Waals surface area contributed by atoms with E-state index < -0.39 is 38.4 Å². The molecular formula is C16H14F6N4O2S. The van der Waals surface area contributed by atoms with Crippen LogP contribution in [0.3, 0.4) is 0 Å². The van der Waals surface area contributed by atoms with Crippen molar-refractivity contribution in [2.45, 2.75) is 17.2 Å². The maximum Gasteiger partial charge on any atom is 0.416 e. The van der Waals surface area contributed by atoms with Gasteiger partial charge >= 0.3 is 12.4 Å². The van der Waals surface area contributed by atoms with Crippen LogP contribution in [0.1, 0.15) is 11.1 Å². The molecule has 1 aromatic carbocycles. The van der Waals surface area contributed by atoms with Crippen LogP contribution < -0.4 is 4.90 Å². The van der Waals surface area contributed by atoms with Gasteiger partial charge < -0.3 is 4.90 Å². The van der Waals surface area contributed by atoms with E-state index in [2.05, 4.69) is 9.97 Å². The first-order valence-corrected chi connectivity index (χ1v) is 9.63. The summed E-state index contributed by atoms with van der Waals surface area (Å²) in [4.78, 5) is 8.63. The molecule has 0 amide bonds. The van der Waals surface area contributed by atoms with E-state index in [0.717, 1.165) is 4.31 Å². The Hall–Kier alpha value is -2.41. The maximum atomic E-state index is 13.0. The molecule has 0 atom stereocenters. The van der Waals surface area contributed by atoms with Gasteiger partial charge in [0.05, 0.1) is 22.2 Å². The molecule has 0 spiro atoms. The minimum absolute atomic E-state index is 0.106. The normalized spacial score (nSPS) is 16.8. The molecule has 1 fully saturated rings. The number of halogens is 6. The van der Waals surface area contributed by atoms with Gasteiger partial charge in [0, 0.05) is 38.6 Å². The largest absolute Gasteiger partial charge is 0.416 e. The summed E-state index contributed by atoms with van der Waals surface area (Å²) in [7, 11) is -4.56. The molecule has 0 bridgehead atoms. The maximum absolute atomic E-state index is 13.0. The van der Waals surface area contributed by atoms with Crippen molar-refractivity contribution in [3.05, 3.63) is 47.9 Å². The Morgan fingerprint density at radius 2 is 1.38 bits per heavy atom. The summed E-state index contributed by atoms with van der Waals surface area (Å²) in [6, 6.07) is 0.338. The molecule has 29 heavy (non-hydrogen) atoms. The number of benzene rings is 1. The fraction of sp³-hybridized carbons (Fsp3) is 0.375. The minimum atomic E-state index is -5.13. The molecular weight excluding hydrogens is 426 g/mol. The average molecular weight is 440 g/mol. The lowest BCUT2D eigenvalue weighted by Crippen LogP contribution is -2.49. The predicted octanol–water partition coefficient (Wildman–Crippen LogP) is 3.03. The number of rotatable bonds is 3. The van der Waals surface area contributed by atoms with Crippen LogP contribution in [0, 0.1) is 0 Å². The Labute approximate surface area is 161 Å². The second-order valence-corrected chi connectivity index (χ2v) is 8.13. The lowest BCUT2D eigenvalue weighted by Gasteiger charge is -2.34. The van der Waals surface area contributed by atoms with Crippen LogP contribution in [0.15, 0.2) is 41.7 Å². The number of hydrogen-bond donors (Lipinski definition) is 0. The number of aromatic nitrogens is 2. The smallest absolute Gasteiger partial charge is 0.353 e. The predicted molar refractivity (Wildman–Crippen MR) is 89.4 cm³/mol. The Balaban J connectivity index is 1.90. The van der Waals surface area contributed by atoms with Gasteiger partial charge in [-0.05, 0) is 18.2 Å². The number of nitrogens with zero attached hydrogens (tertiary/aromatic N) is 4. The van der Waals surface area contributed by atoms with Gasteiger partial charge in [-0.1, -0.05) is 0 Å². The molecule has 13 heteroatoms. The molecule has 6 nitrogen and oxygen atoms in total. The quantitative estimate of drug-likeness (QED) is 0.687. The van der Waals surface area contributed by atoms with E-state index in [1.165, 1.54) is 18.6 Å². The van der Waals surface area contributed by atoms with Gasteiger partial charge in [-0.15, -0.1) is 0 Å². The van der Waals surface area contributed by atoms with Gasteiger partial charge in [0.25, 0.3) is 0 Å². The molecule has 1 saturated heterocycles. The van der Waals surface area contributed by atoms with Crippen LogP contribution in [-0.4, -0.2) is 48.9 Å². The van der Waals surface area contributed by atoms with Gasteiger partial charge in [-0.25, -0.2) is 13.4 Å². The summed E-state index contributed by atoms with van der Waals surface area (Å²) >= 11 is 0. The fourth-order valence-corrected chi connectivity index (χ4v) is 4.33. The first-order chi connectivity index (χ1) is 13.4. The zero-order chi connectivity index (χ0) is 21.4. The second kappa shape index (κ2) is 7.44. The van der Waals surface area contributed by atoms with Crippen LogP contribution in [0.2, 0.25) is 0 Å². The monoisotopic (exact) mass is 440 g/mol. The number of alkyl halides is 6. The molecule has 1 aliphatic heterocycles. The first-order valence-electron chi connectivity index (χ1n) is 8.19. The number of hydrogen-bond acceptors (Lipinski definition) is 5. The van der Waals surface area contributed by atoms with E-state index >= 15 is 0 Å². The topological polar surface area (TPSA) is 66.4 Å². The zero-order valence-corrected chi connectivity index (χ0v) is 15.4. The van der Waals surface area contributed by atoms with Gasteiger partial charge in [-0.2, -0.15) is 30.6 Å². The van der Waals surface area contributed by atoms with Crippen molar-refractivity contribution in [3.63, 3.8) is 0 Å². The van der Waals surface area contributed by atoms with Crippen molar-refractivity contribution in [3.8, 4) is 0 Å². The SMILES string of the molecule is O=S(=O)(c1cc(C(F)(F)F)cc(C(F)(F)F)c1)N1CCN(c2cnccn2)CC1. The summed E-state index contributed by atoms with van der Waals surface area (Å²) < 4.78 is 104. The molecule has 0 unspecified atom stereocenters. The summed E-state index contributed by atoms with van der Waals surface area (Å²) in [6.07, 6.45) is -5.89. The Morgan fingerprint density at radius 3 is 1.83 bits per heavy atom. The first kappa shape index (κ1) is 21.3. The lowest BCUT2D eigenvalue weighted by molar-refractivity contribution is -0.143. The van der Waals surface area contributed by atoms with E-state index in [9.17, 15) is 34.8 Å². The summed E-state index contributed by atoms with van der Waals surface area (Å²) in [5, 5.41) is 0. The van der Waals surface area contributed by atoms with Gasteiger partial charge in [-0.3, -0.25) is 4.98 Å². The molecule has 0 N–H and O–H groups in total. The van der Waals surface area contributed by atoms with Gasteiger partial charge in [0.15, 0.2) is 0 Å². The molecule has 0 radical (unpaired) electrons. The Kier molecular flexibility index (Phi) is 5.47. The van der Waals surface area contributed by atoms with Crippen LogP contribution in [0.5, 0.6) is 0 Å². The Morgan fingerprint density at radius 1 is 0.828 bits per heavy atom. The van der Waals surface area contributed by atoms with Crippen molar-refractivity contribution in [1.82, 2.24) is 14.3 Å². The van der Waals surface area contributed by atoms with E-state index in [1.807, 2.05) is 0 Å². The second-order valence-electron chi connectivity index (χ2n) is 6.20. The molecule has 2 aromatic rings. The van der Waals surface area contributed by atoms with Crippen molar-refractivity contribution in [2.24, 2.45) is 0 Å². The number of piperazine rings is 1. The zero-order valence-electron chi connectivity index (χ0n) is 14.6. The van der Waals surface area contributed by atoms with Crippen LogP contribution in [0.25, 0.3) is 0 Å². The van der Waals surface area contributed by atoms with Gasteiger partial charge in [0.2, 0.25) is 10.0 Å². The molecule has 0 aliphatic carbocycles. The number of sulfonamides is 1. The molecule has 1 aromatic heterocycles. The van der Waals surface area contributed by atoms with E-state index in [0.29, 0.717) is 5.82 Å². The standard InChI is InChI=1S/C16H14F6N4O2S/c17-15(18,19)11-7-12(16(20,21)22)9-13(8-11)29(27,28)26-5-3-25(4-6-26)14-10-23-1-2-24-14/h1-2,7-10H,3-6H2. The Bertz CT molecular complexity index is 939. The number of anilines is 1. The third-order valence-electron chi connectivity index (χ3n) is 4.31. The van der Waals surface area contributed by atoms with E-state index in [4.69, 9.17) is 0 Å². The third kappa shape index (κ3) is 4.61. The lowest BCUT2D eigenvalue weighted by atomic mass is 10.1. The summed E-state index contributed by atoms with van der Waals surface area (Å²) in [5.74, 6) is 0.489. The van der Waals surface area contributed by atoms with E-state index in [1.54, 1.807) is 4.90 Å². The molecule has 158 valence electrons. The highest BCUT2D eigenvalue weighted by Gasteiger charge is 2.39. The molecule has 0 saturated carbocycles. The van der Waals surface area contributed by atoms with Crippen LogP contribution >= 0.6 is 0 Å². The highest BCUT2D eigenvalue weighted by Crippen LogP contribution is 2.37. The van der Waals surface area contributed by atoms with Crippen LogP contribution in [0.4, 0.5) is 32.2 Å². The average Bonchev–Trinajstić information content (AvgIpc) is 2.67. The minimum Gasteiger partial charge on any atom is -0.353 e. The summed E-state index contributed by atoms with van der Waals surface area (Å²) in [5.41, 5.74) is -3.35. The van der Waals surface area contributed by atoms with Crippen molar-refractivity contribution >= 4 is 15.8 Å². The molecule has 1 aliphatic rings. The van der Waals surface area contributed by atoms with Gasteiger partial charge in [0.1, 0.15) is 5.82 Å². The van der Waals surface area contributed by atoms with Crippen LogP contribution in [-0.2, 0) is 22.4 Å². The van der Waals surface area contributed by atoms with E-state index in [-0.39, 0.29) is 44.4 Å². The van der Waals surface area contributed by atoms with Crippen molar-refractivity contribution in [2.75, 3.05) is 31.1 Å². The van der Waals surface area contributed by atoms with Crippen molar-refractivity contribution in [1.29, 1.82) is 0 Å².